The molecule has 0 atom stereocenters. The maximum absolute atomic E-state index is 10.8. The topological polar surface area (TPSA) is 39.8 Å². The summed E-state index contributed by atoms with van der Waals surface area (Å²) < 4.78 is 0.987. The van der Waals surface area contributed by atoms with Gasteiger partial charge < -0.3 is 5.21 Å². The molecule has 2 aromatic rings. The van der Waals surface area contributed by atoms with Crippen molar-refractivity contribution in [3.8, 4) is 0 Å². The highest BCUT2D eigenvalue weighted by Gasteiger charge is 1.98. The minimum atomic E-state index is 0.552. The molecule has 1 aromatic heterocycles. The SMILES string of the molecule is [O-][n+]1cc2ccc(Br)cc2cn1. The smallest absolute Gasteiger partial charge is 0.217 e. The van der Waals surface area contributed by atoms with E-state index in [-0.39, 0.29) is 0 Å². The number of hydrogen-bond donors (Lipinski definition) is 0. The van der Waals surface area contributed by atoms with Crippen molar-refractivity contribution in [2.75, 3.05) is 0 Å². The van der Waals surface area contributed by atoms with E-state index in [1.54, 1.807) is 6.20 Å². The standard InChI is InChI=1S/C8H5BrN2O/c9-8-2-1-6-5-11(12)10-4-7(6)3-8/h1-5H. The van der Waals surface area contributed by atoms with Crippen LogP contribution in [0, 0.1) is 5.21 Å². The highest BCUT2D eigenvalue weighted by atomic mass is 79.9. The van der Waals surface area contributed by atoms with Gasteiger partial charge in [-0.05, 0) is 18.2 Å². The van der Waals surface area contributed by atoms with Gasteiger partial charge in [0.25, 0.3) is 0 Å². The molecule has 0 N–H and O–H groups in total. The number of aromatic nitrogens is 2. The minimum absolute atomic E-state index is 0.552. The first-order valence-corrected chi connectivity index (χ1v) is 4.20. The van der Waals surface area contributed by atoms with E-state index < -0.39 is 0 Å². The molecule has 0 amide bonds. The van der Waals surface area contributed by atoms with Crippen LogP contribution in [0.25, 0.3) is 10.8 Å². The van der Waals surface area contributed by atoms with Crippen LogP contribution in [0.1, 0.15) is 0 Å². The Hall–Kier alpha value is -1.16. The second kappa shape index (κ2) is 2.71. The lowest BCUT2D eigenvalue weighted by molar-refractivity contribution is -0.667. The van der Waals surface area contributed by atoms with Crippen LogP contribution in [0.15, 0.2) is 35.1 Å². The fraction of sp³-hybridized carbons (Fsp3) is 0. The fourth-order valence-electron chi connectivity index (χ4n) is 1.05. The van der Waals surface area contributed by atoms with Crippen LogP contribution in [0.5, 0.6) is 0 Å². The highest BCUT2D eigenvalue weighted by molar-refractivity contribution is 9.10. The molecule has 0 bridgehead atoms. The molecular weight excluding hydrogens is 220 g/mol. The molecule has 1 aromatic carbocycles. The lowest BCUT2D eigenvalue weighted by Crippen LogP contribution is -2.29. The van der Waals surface area contributed by atoms with Crippen molar-refractivity contribution < 1.29 is 4.85 Å². The minimum Gasteiger partial charge on any atom is -0.594 e. The molecule has 12 heavy (non-hydrogen) atoms. The number of nitrogens with zero attached hydrogens (tertiary/aromatic N) is 2. The number of hydrogen-bond acceptors (Lipinski definition) is 2. The van der Waals surface area contributed by atoms with Gasteiger partial charge in [0.15, 0.2) is 0 Å². The zero-order chi connectivity index (χ0) is 8.55. The van der Waals surface area contributed by atoms with E-state index in [2.05, 4.69) is 21.0 Å². The highest BCUT2D eigenvalue weighted by Crippen LogP contribution is 2.16. The molecule has 2 rings (SSSR count). The van der Waals surface area contributed by atoms with Crippen molar-refractivity contribution in [3.63, 3.8) is 0 Å². The third-order valence-corrected chi connectivity index (χ3v) is 2.10. The summed E-state index contributed by atoms with van der Waals surface area (Å²) in [7, 11) is 0. The van der Waals surface area contributed by atoms with Crippen molar-refractivity contribution >= 4 is 26.7 Å². The van der Waals surface area contributed by atoms with Gasteiger partial charge in [0.1, 0.15) is 6.20 Å². The van der Waals surface area contributed by atoms with E-state index >= 15 is 0 Å². The van der Waals surface area contributed by atoms with Crippen LogP contribution in [0.2, 0.25) is 0 Å². The molecule has 0 radical (unpaired) electrons. The molecule has 0 saturated heterocycles. The zero-order valence-electron chi connectivity index (χ0n) is 6.07. The number of fused-ring (bicyclic) bond motifs is 1. The number of benzene rings is 1. The molecule has 0 aliphatic carbocycles. The van der Waals surface area contributed by atoms with Crippen LogP contribution in [-0.4, -0.2) is 5.10 Å². The summed E-state index contributed by atoms with van der Waals surface area (Å²) in [6.07, 6.45) is 2.99. The first kappa shape index (κ1) is 7.49. The Labute approximate surface area is 77.3 Å². The van der Waals surface area contributed by atoms with Gasteiger partial charge in [0, 0.05) is 15.0 Å². The zero-order valence-corrected chi connectivity index (χ0v) is 7.65. The molecule has 1 heterocycles. The first-order valence-electron chi connectivity index (χ1n) is 3.40. The lowest BCUT2D eigenvalue weighted by atomic mass is 10.2. The Bertz CT molecular complexity index is 389. The van der Waals surface area contributed by atoms with Crippen LogP contribution in [0.4, 0.5) is 0 Å². The molecule has 0 aliphatic rings. The predicted molar refractivity (Wildman–Crippen MR) is 48.4 cm³/mol. The normalized spacial score (nSPS) is 10.4. The van der Waals surface area contributed by atoms with Crippen molar-refractivity contribution in [2.24, 2.45) is 0 Å². The summed E-state index contributed by atoms with van der Waals surface area (Å²) in [5, 5.41) is 16.2. The Morgan fingerprint density at radius 3 is 3.00 bits per heavy atom. The lowest BCUT2D eigenvalue weighted by Gasteiger charge is -1.96. The fourth-order valence-corrected chi connectivity index (χ4v) is 1.43. The first-order chi connectivity index (χ1) is 5.75. The van der Waals surface area contributed by atoms with Gasteiger partial charge in [0.05, 0.1) is 5.39 Å². The van der Waals surface area contributed by atoms with Gasteiger partial charge in [-0.15, -0.1) is 0 Å². The summed E-state index contributed by atoms with van der Waals surface area (Å²) >= 11 is 3.34. The average molecular weight is 225 g/mol. The van der Waals surface area contributed by atoms with E-state index in [1.165, 1.54) is 6.20 Å². The van der Waals surface area contributed by atoms with Gasteiger partial charge in [-0.25, -0.2) is 0 Å². The molecule has 0 spiro atoms. The molecular formula is C8H5BrN2O. The molecule has 0 fully saturated rings. The molecule has 4 heteroatoms. The monoisotopic (exact) mass is 224 g/mol. The summed E-state index contributed by atoms with van der Waals surface area (Å²) in [5.41, 5.74) is 0. The van der Waals surface area contributed by atoms with Gasteiger partial charge in [-0.1, -0.05) is 20.8 Å². The van der Waals surface area contributed by atoms with Crippen LogP contribution in [0.3, 0.4) is 0 Å². The van der Waals surface area contributed by atoms with Crippen molar-refractivity contribution in [2.45, 2.75) is 0 Å². The summed E-state index contributed by atoms with van der Waals surface area (Å²) in [6, 6.07) is 5.68. The summed E-state index contributed by atoms with van der Waals surface area (Å²) in [5.74, 6) is 0. The largest absolute Gasteiger partial charge is 0.594 e. The Morgan fingerprint density at radius 2 is 2.17 bits per heavy atom. The summed E-state index contributed by atoms with van der Waals surface area (Å²) in [4.78, 5) is 0.552. The van der Waals surface area contributed by atoms with Crippen molar-refractivity contribution in [1.82, 2.24) is 5.10 Å². The Morgan fingerprint density at radius 1 is 1.33 bits per heavy atom. The third kappa shape index (κ3) is 1.25. The van der Waals surface area contributed by atoms with Gasteiger partial charge >= 0.3 is 0 Å². The molecule has 0 unspecified atom stereocenters. The average Bonchev–Trinajstić information content (AvgIpc) is 2.05. The molecule has 60 valence electrons. The van der Waals surface area contributed by atoms with Gasteiger partial charge in [0.2, 0.25) is 6.20 Å². The van der Waals surface area contributed by atoms with E-state index in [4.69, 9.17) is 0 Å². The second-order valence-corrected chi connectivity index (χ2v) is 3.37. The van der Waals surface area contributed by atoms with Crippen LogP contribution >= 0.6 is 15.9 Å². The van der Waals surface area contributed by atoms with E-state index in [0.29, 0.717) is 4.85 Å². The number of rotatable bonds is 0. The second-order valence-electron chi connectivity index (χ2n) is 2.45. The van der Waals surface area contributed by atoms with E-state index in [1.807, 2.05) is 18.2 Å². The van der Waals surface area contributed by atoms with Gasteiger partial charge in [-0.2, -0.15) is 0 Å². The molecule has 0 aliphatic heterocycles. The molecule has 3 nitrogen and oxygen atoms in total. The van der Waals surface area contributed by atoms with Gasteiger partial charge in [-0.3, -0.25) is 0 Å². The maximum Gasteiger partial charge on any atom is 0.217 e. The quantitative estimate of drug-likeness (QED) is 0.505. The Balaban J connectivity index is 2.79. The Kier molecular flexibility index (Phi) is 1.69. The third-order valence-electron chi connectivity index (χ3n) is 1.61. The van der Waals surface area contributed by atoms with Crippen molar-refractivity contribution in [1.29, 1.82) is 0 Å². The van der Waals surface area contributed by atoms with Crippen molar-refractivity contribution in [3.05, 3.63) is 40.3 Å². The van der Waals surface area contributed by atoms with Crippen LogP contribution < -0.4 is 4.85 Å². The van der Waals surface area contributed by atoms with Crippen LogP contribution in [-0.2, 0) is 0 Å². The molecule has 0 saturated carbocycles. The number of halogens is 1. The summed E-state index contributed by atoms with van der Waals surface area (Å²) in [6.45, 7) is 0. The maximum atomic E-state index is 10.8. The predicted octanol–water partition coefficient (Wildman–Crippen LogP) is 1.63. The van der Waals surface area contributed by atoms with E-state index in [0.717, 1.165) is 15.2 Å². The van der Waals surface area contributed by atoms with E-state index in [9.17, 15) is 5.21 Å².